The molecule has 0 amide bonds. The Morgan fingerprint density at radius 2 is 1.50 bits per heavy atom. The lowest BCUT2D eigenvalue weighted by Crippen LogP contribution is -2.52. The summed E-state index contributed by atoms with van der Waals surface area (Å²) in [5.74, 6) is 1.02. The van der Waals surface area contributed by atoms with Gasteiger partial charge in [0, 0.05) is 24.8 Å². The van der Waals surface area contributed by atoms with Crippen molar-refractivity contribution in [2.24, 2.45) is 11.3 Å². The molecule has 0 aliphatic rings. The standard InChI is InChI=1S/C38H42FO5PSi/c1-26-22-27(2)32(33(23-26)29-18-19-35(39)28(3)24-29)20-21-45(42,43-7)25-34(38(4,5)6)36(37(40)41)44-46(30-14-10-8-11-15-30)31-16-12-9-13-17-31/h8-19,22-24,34,36,46H,25H2,1-7H3,(H,40,41). The predicted molar refractivity (Wildman–Crippen MR) is 187 cm³/mol. The molecule has 0 aliphatic heterocycles. The van der Waals surface area contributed by atoms with Crippen LogP contribution in [0, 0.1) is 49.5 Å². The Morgan fingerprint density at radius 1 is 0.913 bits per heavy atom. The van der Waals surface area contributed by atoms with Crippen molar-refractivity contribution < 1.29 is 27.8 Å². The first kappa shape index (κ1) is 35.1. The van der Waals surface area contributed by atoms with Gasteiger partial charge in [-0.15, -0.1) is 0 Å². The number of carbonyl (C=O) groups is 1. The Hall–Kier alpha value is -3.79. The largest absolute Gasteiger partial charge is 0.479 e. The van der Waals surface area contributed by atoms with Crippen LogP contribution >= 0.6 is 7.37 Å². The molecular formula is C38H42FO5PSi. The van der Waals surface area contributed by atoms with Gasteiger partial charge in [0.25, 0.3) is 7.37 Å². The van der Waals surface area contributed by atoms with E-state index in [1.807, 2.05) is 107 Å². The van der Waals surface area contributed by atoms with Gasteiger partial charge in [0.2, 0.25) is 9.04 Å². The molecule has 3 unspecified atom stereocenters. The third kappa shape index (κ3) is 8.51. The van der Waals surface area contributed by atoms with Crippen LogP contribution in [0.15, 0.2) is 91.0 Å². The minimum absolute atomic E-state index is 0.114. The lowest BCUT2D eigenvalue weighted by Gasteiger charge is -2.37. The monoisotopic (exact) mass is 656 g/mol. The summed E-state index contributed by atoms with van der Waals surface area (Å²) in [6, 6.07) is 28.2. The van der Waals surface area contributed by atoms with Crippen molar-refractivity contribution in [3.63, 3.8) is 0 Å². The molecule has 4 aromatic rings. The van der Waals surface area contributed by atoms with Gasteiger partial charge in [-0.1, -0.05) is 111 Å². The van der Waals surface area contributed by atoms with Crippen molar-refractivity contribution in [3.8, 4) is 22.7 Å². The maximum Gasteiger partial charge on any atom is 0.331 e. The molecule has 4 rings (SSSR count). The lowest BCUT2D eigenvalue weighted by molar-refractivity contribution is -0.149. The molecule has 0 heterocycles. The van der Waals surface area contributed by atoms with Crippen LogP contribution in [0.25, 0.3) is 11.1 Å². The highest BCUT2D eigenvalue weighted by atomic mass is 31.2. The van der Waals surface area contributed by atoms with E-state index in [1.54, 1.807) is 19.1 Å². The second-order valence-electron chi connectivity index (χ2n) is 12.8. The second-order valence-corrected chi connectivity index (χ2v) is 17.5. The van der Waals surface area contributed by atoms with Crippen molar-refractivity contribution in [1.82, 2.24) is 0 Å². The highest BCUT2D eigenvalue weighted by molar-refractivity contribution is 7.64. The summed E-state index contributed by atoms with van der Waals surface area (Å²) in [5.41, 5.74) is 6.99. The van der Waals surface area contributed by atoms with Crippen LogP contribution in [0.3, 0.4) is 0 Å². The third-order valence-corrected chi connectivity index (χ3v) is 12.7. The zero-order chi connectivity index (χ0) is 33.6. The minimum atomic E-state index is -3.71. The average molecular weight is 657 g/mol. The quantitative estimate of drug-likeness (QED) is 0.110. The number of aliphatic carboxylic acids is 1. The van der Waals surface area contributed by atoms with Crippen LogP contribution < -0.4 is 10.4 Å². The second kappa shape index (κ2) is 14.7. The molecule has 46 heavy (non-hydrogen) atoms. The fourth-order valence-corrected chi connectivity index (χ4v) is 9.95. The van der Waals surface area contributed by atoms with E-state index in [2.05, 4.69) is 11.6 Å². The van der Waals surface area contributed by atoms with Crippen LogP contribution in [-0.2, 0) is 18.3 Å². The van der Waals surface area contributed by atoms with Gasteiger partial charge in [-0.05, 0) is 76.6 Å². The SMILES string of the molecule is COP(=O)(C#Cc1c(C)cc(C)cc1-c1ccc(F)c(C)c1)CC(C(O[SiH](c1ccccc1)c1ccccc1)C(=O)O)C(C)(C)C. The number of rotatable bonds is 10. The number of hydrogen-bond acceptors (Lipinski definition) is 4. The zero-order valence-electron chi connectivity index (χ0n) is 27.5. The lowest BCUT2D eigenvalue weighted by atomic mass is 9.78. The molecular weight excluding hydrogens is 614 g/mol. The molecule has 0 aromatic heterocycles. The van der Waals surface area contributed by atoms with Gasteiger partial charge < -0.3 is 14.1 Å². The van der Waals surface area contributed by atoms with Crippen molar-refractivity contribution in [2.75, 3.05) is 13.3 Å². The smallest absolute Gasteiger partial charge is 0.331 e. The summed E-state index contributed by atoms with van der Waals surface area (Å²) in [4.78, 5) is 13.0. The number of aryl methyl sites for hydroxylation is 3. The molecule has 0 aliphatic carbocycles. The molecule has 5 nitrogen and oxygen atoms in total. The molecule has 0 spiro atoms. The molecule has 3 atom stereocenters. The van der Waals surface area contributed by atoms with Crippen molar-refractivity contribution in [3.05, 3.63) is 119 Å². The molecule has 0 saturated carbocycles. The number of carboxylic acids is 1. The van der Waals surface area contributed by atoms with E-state index in [0.717, 1.165) is 32.6 Å². The first-order valence-corrected chi connectivity index (χ1v) is 18.7. The van der Waals surface area contributed by atoms with E-state index in [1.165, 1.54) is 13.2 Å². The van der Waals surface area contributed by atoms with Gasteiger partial charge in [0.1, 0.15) is 11.9 Å². The summed E-state index contributed by atoms with van der Waals surface area (Å²) in [6.07, 6.45) is -1.38. The predicted octanol–water partition coefficient (Wildman–Crippen LogP) is 7.32. The van der Waals surface area contributed by atoms with Gasteiger partial charge in [-0.25, -0.2) is 9.18 Å². The van der Waals surface area contributed by atoms with E-state index in [-0.39, 0.29) is 12.0 Å². The van der Waals surface area contributed by atoms with Crippen LogP contribution in [0.4, 0.5) is 4.39 Å². The highest BCUT2D eigenvalue weighted by Crippen LogP contribution is 2.51. The van der Waals surface area contributed by atoms with E-state index >= 15 is 0 Å². The molecule has 240 valence electrons. The summed E-state index contributed by atoms with van der Waals surface area (Å²) >= 11 is 0. The van der Waals surface area contributed by atoms with Crippen LogP contribution in [-0.4, -0.2) is 39.5 Å². The third-order valence-electron chi connectivity index (χ3n) is 8.24. The highest BCUT2D eigenvalue weighted by Gasteiger charge is 2.43. The maximum absolute atomic E-state index is 14.4. The van der Waals surface area contributed by atoms with E-state index < -0.39 is 39.8 Å². The number of benzene rings is 4. The molecule has 0 fully saturated rings. The number of hydrogen-bond donors (Lipinski definition) is 1. The van der Waals surface area contributed by atoms with Crippen LogP contribution in [0.1, 0.15) is 43.0 Å². The van der Waals surface area contributed by atoms with Crippen molar-refractivity contribution >= 4 is 32.8 Å². The Labute approximate surface area is 274 Å². The molecule has 0 radical (unpaired) electrons. The summed E-state index contributed by atoms with van der Waals surface area (Å²) in [7, 11) is -4.83. The average Bonchev–Trinajstić information content (AvgIpc) is 3.01. The Balaban J connectivity index is 1.76. The molecule has 4 aromatic carbocycles. The first-order valence-electron chi connectivity index (χ1n) is 15.3. The van der Waals surface area contributed by atoms with Crippen LogP contribution in [0.2, 0.25) is 0 Å². The van der Waals surface area contributed by atoms with E-state index in [0.29, 0.717) is 11.1 Å². The Bertz CT molecular complexity index is 1750. The maximum atomic E-state index is 14.4. The normalized spacial score (nSPS) is 14.2. The van der Waals surface area contributed by atoms with Crippen molar-refractivity contribution in [1.29, 1.82) is 0 Å². The number of halogens is 1. The van der Waals surface area contributed by atoms with Gasteiger partial charge in [0.05, 0.1) is 0 Å². The Morgan fingerprint density at radius 3 is 2.00 bits per heavy atom. The molecule has 8 heteroatoms. The first-order chi connectivity index (χ1) is 21.7. The molecule has 0 bridgehead atoms. The molecule has 1 N–H and O–H groups in total. The minimum Gasteiger partial charge on any atom is -0.479 e. The summed E-state index contributed by atoms with van der Waals surface area (Å²) in [6.45, 7) is 11.4. The summed E-state index contributed by atoms with van der Waals surface area (Å²) < 4.78 is 40.8. The van der Waals surface area contributed by atoms with Gasteiger partial charge in [-0.3, -0.25) is 4.57 Å². The fourth-order valence-electron chi connectivity index (χ4n) is 5.64. The topological polar surface area (TPSA) is 72.8 Å². The summed E-state index contributed by atoms with van der Waals surface area (Å²) in [5, 5.41) is 12.5. The van der Waals surface area contributed by atoms with Crippen LogP contribution in [0.5, 0.6) is 0 Å². The van der Waals surface area contributed by atoms with Gasteiger partial charge in [-0.2, -0.15) is 0 Å². The van der Waals surface area contributed by atoms with Gasteiger partial charge >= 0.3 is 5.97 Å². The van der Waals surface area contributed by atoms with E-state index in [4.69, 9.17) is 8.95 Å². The van der Waals surface area contributed by atoms with Crippen molar-refractivity contribution in [2.45, 2.75) is 47.6 Å². The van der Waals surface area contributed by atoms with Gasteiger partial charge in [0.15, 0.2) is 0 Å². The zero-order valence-corrected chi connectivity index (χ0v) is 29.6. The fraction of sp³-hybridized carbons (Fsp3) is 0.289. The number of carboxylic acid groups (broad SMARTS) is 1. The Kier molecular flexibility index (Phi) is 11.2. The van der Waals surface area contributed by atoms with E-state index in [9.17, 15) is 18.9 Å². The molecule has 0 saturated heterocycles.